The summed E-state index contributed by atoms with van der Waals surface area (Å²) in [6, 6.07) is 11.2. The second-order valence-corrected chi connectivity index (χ2v) is 7.86. The zero-order valence-corrected chi connectivity index (χ0v) is 17.0. The van der Waals surface area contributed by atoms with E-state index >= 15 is 0 Å². The summed E-state index contributed by atoms with van der Waals surface area (Å²) < 4.78 is 19.0. The highest BCUT2D eigenvalue weighted by Crippen LogP contribution is 2.34. The van der Waals surface area contributed by atoms with Gasteiger partial charge in [-0.05, 0) is 61.2 Å². The molecule has 2 aliphatic heterocycles. The van der Waals surface area contributed by atoms with E-state index in [2.05, 4.69) is 22.8 Å². The highest BCUT2D eigenvalue weighted by atomic mass is 19.1. The molecule has 2 aromatic carbocycles. The first-order valence-corrected chi connectivity index (χ1v) is 10.3. The van der Waals surface area contributed by atoms with E-state index < -0.39 is 0 Å². The number of methoxy groups -OCH3 is 1. The van der Waals surface area contributed by atoms with Gasteiger partial charge in [0, 0.05) is 43.3 Å². The smallest absolute Gasteiger partial charge is 0.227 e. The van der Waals surface area contributed by atoms with Crippen LogP contribution >= 0.6 is 0 Å². The molecule has 2 N–H and O–H groups in total. The topological polar surface area (TPSA) is 53.6 Å². The molecule has 0 saturated carbocycles. The lowest BCUT2D eigenvalue weighted by molar-refractivity contribution is -0.118. The number of benzene rings is 2. The molecule has 29 heavy (non-hydrogen) atoms. The van der Waals surface area contributed by atoms with Gasteiger partial charge in [-0.1, -0.05) is 12.1 Å². The van der Waals surface area contributed by atoms with Crippen molar-refractivity contribution in [3.8, 4) is 5.75 Å². The molecule has 0 spiro atoms. The number of nitrogens with one attached hydrogen (secondary N) is 2. The van der Waals surface area contributed by atoms with Gasteiger partial charge in [0.1, 0.15) is 11.6 Å². The molecule has 5 nitrogen and oxygen atoms in total. The van der Waals surface area contributed by atoms with Crippen molar-refractivity contribution in [2.24, 2.45) is 0 Å². The number of amides is 1. The maximum atomic E-state index is 13.3. The monoisotopic (exact) mass is 397 g/mol. The van der Waals surface area contributed by atoms with E-state index in [1.54, 1.807) is 12.0 Å². The van der Waals surface area contributed by atoms with E-state index in [0.717, 1.165) is 53.9 Å². The number of carbonyl (C=O) groups is 1. The Labute approximate surface area is 171 Å². The third-order valence-electron chi connectivity index (χ3n) is 6.07. The van der Waals surface area contributed by atoms with E-state index in [1.807, 2.05) is 19.2 Å². The summed E-state index contributed by atoms with van der Waals surface area (Å²) >= 11 is 0. The van der Waals surface area contributed by atoms with Crippen molar-refractivity contribution in [3.63, 3.8) is 0 Å². The molecule has 2 aromatic rings. The summed E-state index contributed by atoms with van der Waals surface area (Å²) in [6.07, 6.45) is 3.42. The first-order chi connectivity index (χ1) is 14.1. The van der Waals surface area contributed by atoms with Gasteiger partial charge in [-0.25, -0.2) is 4.39 Å². The normalized spacial score (nSPS) is 21.8. The zero-order chi connectivity index (χ0) is 20.4. The molecule has 1 amide bonds. The number of anilines is 1. The van der Waals surface area contributed by atoms with Gasteiger partial charge in [0.15, 0.2) is 0 Å². The third kappa shape index (κ3) is 4.14. The molecule has 2 atom stereocenters. The molecule has 1 fully saturated rings. The van der Waals surface area contributed by atoms with Crippen molar-refractivity contribution in [1.29, 1.82) is 0 Å². The van der Waals surface area contributed by atoms with Gasteiger partial charge >= 0.3 is 0 Å². The van der Waals surface area contributed by atoms with Crippen LogP contribution in [0.4, 0.5) is 10.1 Å². The van der Waals surface area contributed by atoms with Gasteiger partial charge in [-0.15, -0.1) is 0 Å². The summed E-state index contributed by atoms with van der Waals surface area (Å²) in [7, 11) is 3.52. The first kappa shape index (κ1) is 19.9. The third-order valence-corrected chi connectivity index (χ3v) is 6.07. The van der Waals surface area contributed by atoms with Crippen LogP contribution < -0.4 is 20.3 Å². The number of piperidine rings is 1. The lowest BCUT2D eigenvalue weighted by Gasteiger charge is -2.34. The lowest BCUT2D eigenvalue weighted by Crippen LogP contribution is -2.45. The van der Waals surface area contributed by atoms with Crippen molar-refractivity contribution in [2.75, 3.05) is 25.6 Å². The molecule has 0 aliphatic carbocycles. The number of halogens is 1. The van der Waals surface area contributed by atoms with Gasteiger partial charge < -0.3 is 20.3 Å². The Bertz CT molecular complexity index is 884. The van der Waals surface area contributed by atoms with Crippen molar-refractivity contribution < 1.29 is 13.9 Å². The lowest BCUT2D eigenvalue weighted by atomic mass is 9.92. The van der Waals surface area contributed by atoms with E-state index in [-0.39, 0.29) is 23.8 Å². The molecule has 0 aromatic heterocycles. The Balaban J connectivity index is 1.54. The van der Waals surface area contributed by atoms with Crippen LogP contribution in [0, 0.1) is 5.82 Å². The number of rotatable bonds is 5. The first-order valence-electron chi connectivity index (χ1n) is 10.3. The van der Waals surface area contributed by atoms with Gasteiger partial charge in [-0.2, -0.15) is 0 Å². The highest BCUT2D eigenvalue weighted by molar-refractivity contribution is 5.96. The Morgan fingerprint density at radius 2 is 2.03 bits per heavy atom. The van der Waals surface area contributed by atoms with Gasteiger partial charge in [0.25, 0.3) is 0 Å². The molecule has 2 aliphatic rings. The van der Waals surface area contributed by atoms with Crippen LogP contribution in [0.3, 0.4) is 0 Å². The Kier molecular flexibility index (Phi) is 5.83. The van der Waals surface area contributed by atoms with Gasteiger partial charge in [0.05, 0.1) is 7.11 Å². The average molecular weight is 397 g/mol. The number of hydrogen-bond acceptors (Lipinski definition) is 4. The predicted octanol–water partition coefficient (Wildman–Crippen LogP) is 3.33. The van der Waals surface area contributed by atoms with Crippen LogP contribution in [0.15, 0.2) is 36.4 Å². The van der Waals surface area contributed by atoms with Crippen molar-refractivity contribution >= 4 is 11.6 Å². The minimum Gasteiger partial charge on any atom is -0.496 e. The quantitative estimate of drug-likeness (QED) is 0.813. The standard InChI is InChI=1S/C23H28FN3O2/c1-27-20-12-17(21(29-2)13-16(20)7-10-22(27)28)14-26-19-4-3-11-25-23(19)15-5-8-18(24)9-6-15/h5-6,8-9,12-13,19,23,25-26H,3-4,7,10-11,14H2,1-2H3. The molecule has 2 unspecified atom stereocenters. The van der Waals surface area contributed by atoms with Crippen LogP contribution in [-0.2, 0) is 17.8 Å². The minimum atomic E-state index is -0.216. The van der Waals surface area contributed by atoms with E-state index in [1.165, 1.54) is 12.1 Å². The summed E-state index contributed by atoms with van der Waals surface area (Å²) in [5, 5.41) is 7.23. The molecule has 0 radical (unpaired) electrons. The molecule has 1 saturated heterocycles. The zero-order valence-electron chi connectivity index (χ0n) is 17.0. The predicted molar refractivity (Wildman–Crippen MR) is 112 cm³/mol. The molecule has 4 rings (SSSR count). The van der Waals surface area contributed by atoms with Crippen LogP contribution in [-0.4, -0.2) is 32.7 Å². The molecule has 2 heterocycles. The van der Waals surface area contributed by atoms with Gasteiger partial charge in [-0.3, -0.25) is 4.79 Å². The largest absolute Gasteiger partial charge is 0.496 e. The number of ether oxygens (including phenoxy) is 1. The number of hydrogen-bond donors (Lipinski definition) is 2. The molecule has 6 heteroatoms. The van der Waals surface area contributed by atoms with Crippen LogP contribution in [0.5, 0.6) is 5.75 Å². The SMILES string of the molecule is COc1cc2c(cc1CNC1CCCNC1c1ccc(F)cc1)N(C)C(=O)CC2. The van der Waals surface area contributed by atoms with Crippen LogP contribution in [0.1, 0.15) is 42.0 Å². The maximum absolute atomic E-state index is 13.3. The summed E-state index contributed by atoms with van der Waals surface area (Å²) in [5.41, 5.74) is 4.24. The Morgan fingerprint density at radius 1 is 1.24 bits per heavy atom. The van der Waals surface area contributed by atoms with Crippen LogP contribution in [0.25, 0.3) is 0 Å². The molecular formula is C23H28FN3O2. The van der Waals surface area contributed by atoms with Crippen LogP contribution in [0.2, 0.25) is 0 Å². The second-order valence-electron chi connectivity index (χ2n) is 7.86. The van der Waals surface area contributed by atoms with E-state index in [9.17, 15) is 9.18 Å². The molecular weight excluding hydrogens is 369 g/mol. The Morgan fingerprint density at radius 3 is 2.79 bits per heavy atom. The summed E-state index contributed by atoms with van der Waals surface area (Å²) in [5.74, 6) is 0.780. The average Bonchev–Trinajstić information content (AvgIpc) is 2.75. The number of nitrogens with zero attached hydrogens (tertiary/aromatic N) is 1. The fourth-order valence-electron chi connectivity index (χ4n) is 4.41. The highest BCUT2D eigenvalue weighted by Gasteiger charge is 2.27. The summed E-state index contributed by atoms with van der Waals surface area (Å²) in [6.45, 7) is 1.60. The Hall–Kier alpha value is -2.44. The molecule has 154 valence electrons. The molecule has 0 bridgehead atoms. The second kappa shape index (κ2) is 8.51. The minimum absolute atomic E-state index is 0.136. The van der Waals surface area contributed by atoms with Crippen molar-refractivity contribution in [1.82, 2.24) is 10.6 Å². The van der Waals surface area contributed by atoms with E-state index in [4.69, 9.17) is 4.74 Å². The number of fused-ring (bicyclic) bond motifs is 1. The maximum Gasteiger partial charge on any atom is 0.227 e. The van der Waals surface area contributed by atoms with Crippen molar-refractivity contribution in [2.45, 2.75) is 44.3 Å². The van der Waals surface area contributed by atoms with E-state index in [0.29, 0.717) is 13.0 Å². The fourth-order valence-corrected chi connectivity index (χ4v) is 4.41. The number of aryl methyl sites for hydroxylation is 1. The number of carbonyl (C=O) groups excluding carboxylic acids is 1. The van der Waals surface area contributed by atoms with Crippen molar-refractivity contribution in [3.05, 3.63) is 58.9 Å². The summed E-state index contributed by atoms with van der Waals surface area (Å²) in [4.78, 5) is 13.8. The fraction of sp³-hybridized carbons (Fsp3) is 0.435. The van der Waals surface area contributed by atoms with Gasteiger partial charge in [0.2, 0.25) is 5.91 Å².